The summed E-state index contributed by atoms with van der Waals surface area (Å²) in [4.78, 5) is 16.6. The Kier molecular flexibility index (Phi) is 5.19. The molecule has 0 bridgehead atoms. The minimum absolute atomic E-state index is 0.0210. The first-order valence-corrected chi connectivity index (χ1v) is 10.8. The Morgan fingerprint density at radius 1 is 1.15 bits per heavy atom. The fourth-order valence-corrected chi connectivity index (χ4v) is 4.33. The quantitative estimate of drug-likeness (QED) is 0.612. The van der Waals surface area contributed by atoms with E-state index in [9.17, 15) is 26.4 Å². The van der Waals surface area contributed by atoms with E-state index in [0.717, 1.165) is 17.6 Å². The molecule has 5 nitrogen and oxygen atoms in total. The number of carbonyl (C=O) groups is 1. The van der Waals surface area contributed by atoms with Crippen LogP contribution in [-0.4, -0.2) is 31.1 Å². The van der Waals surface area contributed by atoms with Gasteiger partial charge in [0.2, 0.25) is 0 Å². The minimum atomic E-state index is -4.39. The van der Waals surface area contributed by atoms with Crippen molar-refractivity contribution in [2.75, 3.05) is 11.6 Å². The van der Waals surface area contributed by atoms with Crippen LogP contribution in [-0.2, 0) is 9.84 Å². The lowest BCUT2D eigenvalue weighted by Crippen LogP contribution is -2.11. The van der Waals surface area contributed by atoms with Crippen LogP contribution in [0.5, 0.6) is 0 Å². The van der Waals surface area contributed by atoms with Gasteiger partial charge in [0.1, 0.15) is 0 Å². The molecular formula is C16H11F3N2O3S3. The summed E-state index contributed by atoms with van der Waals surface area (Å²) in [6, 6.07) is 9.45. The lowest BCUT2D eigenvalue weighted by Gasteiger charge is -2.06. The van der Waals surface area contributed by atoms with Crippen LogP contribution in [0, 0.1) is 0 Å². The number of halogens is 3. The zero-order valence-corrected chi connectivity index (χ0v) is 16.0. The van der Waals surface area contributed by atoms with Gasteiger partial charge in [0.25, 0.3) is 5.91 Å². The van der Waals surface area contributed by atoms with Crippen molar-refractivity contribution in [3.8, 4) is 0 Å². The van der Waals surface area contributed by atoms with Gasteiger partial charge in [-0.25, -0.2) is 13.4 Å². The number of carbonyl (C=O) groups excluding carboxylic acids is 1. The first-order chi connectivity index (χ1) is 12.5. The number of nitrogens with zero attached hydrogens (tertiary/aromatic N) is 1. The number of anilines is 1. The Morgan fingerprint density at radius 2 is 1.81 bits per heavy atom. The third-order valence-electron chi connectivity index (χ3n) is 3.36. The second-order valence-electron chi connectivity index (χ2n) is 5.45. The Hall–Kier alpha value is -2.11. The van der Waals surface area contributed by atoms with E-state index in [-0.39, 0.29) is 32.2 Å². The van der Waals surface area contributed by atoms with Crippen molar-refractivity contribution in [3.05, 3.63) is 48.0 Å². The largest absolute Gasteiger partial charge is 0.446 e. The summed E-state index contributed by atoms with van der Waals surface area (Å²) in [6.45, 7) is 0. The number of sulfone groups is 1. The van der Waals surface area contributed by atoms with E-state index in [4.69, 9.17) is 0 Å². The van der Waals surface area contributed by atoms with E-state index in [0.29, 0.717) is 10.2 Å². The van der Waals surface area contributed by atoms with Gasteiger partial charge in [-0.3, -0.25) is 10.1 Å². The predicted octanol–water partition coefficient (Wildman–Crippen LogP) is 4.56. The molecule has 0 radical (unpaired) electrons. The van der Waals surface area contributed by atoms with E-state index in [2.05, 4.69) is 10.3 Å². The van der Waals surface area contributed by atoms with E-state index >= 15 is 0 Å². The summed E-state index contributed by atoms with van der Waals surface area (Å²) >= 11 is 0.841. The van der Waals surface area contributed by atoms with Crippen molar-refractivity contribution >= 4 is 54.2 Å². The topological polar surface area (TPSA) is 76.1 Å². The standard InChI is InChI=1S/C16H11F3N2O3S3/c1-27(23,24)11-6-7-12-13(8-11)25-15(20-12)21-14(22)9-2-4-10(5-3-9)26-16(17,18)19/h2-8H,1H3,(H,20,21,22). The molecule has 1 amide bonds. The van der Waals surface area contributed by atoms with Gasteiger partial charge in [0, 0.05) is 16.7 Å². The molecule has 0 atom stereocenters. The number of amides is 1. The maximum atomic E-state index is 12.3. The summed E-state index contributed by atoms with van der Waals surface area (Å²) in [5.41, 5.74) is -3.69. The number of hydrogen-bond acceptors (Lipinski definition) is 6. The van der Waals surface area contributed by atoms with Crippen LogP contribution in [0.1, 0.15) is 10.4 Å². The lowest BCUT2D eigenvalue weighted by atomic mass is 10.2. The molecule has 0 aliphatic carbocycles. The number of benzene rings is 2. The molecule has 0 aliphatic rings. The monoisotopic (exact) mass is 432 g/mol. The molecule has 1 aromatic heterocycles. The number of rotatable bonds is 4. The maximum absolute atomic E-state index is 12.3. The number of hydrogen-bond donors (Lipinski definition) is 1. The second-order valence-corrected chi connectivity index (χ2v) is 9.63. The molecule has 1 heterocycles. The SMILES string of the molecule is CS(=O)(=O)c1ccc2nc(NC(=O)c3ccc(SC(F)(F)F)cc3)sc2c1. The fourth-order valence-electron chi connectivity index (χ4n) is 2.17. The summed E-state index contributed by atoms with van der Waals surface area (Å²) < 4.78 is 60.8. The van der Waals surface area contributed by atoms with Crippen molar-refractivity contribution in [2.24, 2.45) is 0 Å². The van der Waals surface area contributed by atoms with Gasteiger partial charge in [-0.15, -0.1) is 0 Å². The van der Waals surface area contributed by atoms with Crippen LogP contribution in [0.3, 0.4) is 0 Å². The highest BCUT2D eigenvalue weighted by Crippen LogP contribution is 2.36. The third-order valence-corrected chi connectivity index (χ3v) is 6.14. The highest BCUT2D eigenvalue weighted by atomic mass is 32.2. The Bertz CT molecular complexity index is 1110. The molecule has 142 valence electrons. The second kappa shape index (κ2) is 7.13. The van der Waals surface area contributed by atoms with Crippen molar-refractivity contribution in [1.29, 1.82) is 0 Å². The van der Waals surface area contributed by atoms with Gasteiger partial charge in [-0.1, -0.05) is 11.3 Å². The van der Waals surface area contributed by atoms with Gasteiger partial charge in [0.15, 0.2) is 15.0 Å². The lowest BCUT2D eigenvalue weighted by molar-refractivity contribution is -0.0328. The van der Waals surface area contributed by atoms with Crippen molar-refractivity contribution in [1.82, 2.24) is 4.98 Å². The number of fused-ring (bicyclic) bond motifs is 1. The van der Waals surface area contributed by atoms with Crippen molar-refractivity contribution in [3.63, 3.8) is 0 Å². The highest BCUT2D eigenvalue weighted by molar-refractivity contribution is 8.00. The average Bonchev–Trinajstić information content (AvgIpc) is 2.94. The van der Waals surface area contributed by atoms with Crippen LogP contribution in [0.2, 0.25) is 0 Å². The highest BCUT2D eigenvalue weighted by Gasteiger charge is 2.29. The number of thiazole rings is 1. The molecule has 0 aliphatic heterocycles. The van der Waals surface area contributed by atoms with Crippen molar-refractivity contribution < 1.29 is 26.4 Å². The van der Waals surface area contributed by atoms with Gasteiger partial charge in [-0.2, -0.15) is 13.2 Å². The summed E-state index contributed by atoms with van der Waals surface area (Å²) in [5, 5.41) is 2.82. The molecule has 0 fully saturated rings. The molecular weight excluding hydrogens is 421 g/mol. The van der Waals surface area contributed by atoms with E-state index in [1.54, 1.807) is 6.07 Å². The first kappa shape index (κ1) is 19.6. The van der Waals surface area contributed by atoms with Crippen molar-refractivity contribution in [2.45, 2.75) is 15.3 Å². The molecule has 2 aromatic carbocycles. The molecule has 0 spiro atoms. The zero-order chi connectivity index (χ0) is 19.8. The fraction of sp³-hybridized carbons (Fsp3) is 0.125. The maximum Gasteiger partial charge on any atom is 0.446 e. The molecule has 1 N–H and O–H groups in total. The number of alkyl halides is 3. The molecule has 27 heavy (non-hydrogen) atoms. The molecule has 11 heteroatoms. The van der Waals surface area contributed by atoms with E-state index in [1.807, 2.05) is 0 Å². The van der Waals surface area contributed by atoms with Gasteiger partial charge < -0.3 is 0 Å². The van der Waals surface area contributed by atoms with Crippen LogP contribution < -0.4 is 5.32 Å². The van der Waals surface area contributed by atoms with E-state index < -0.39 is 21.3 Å². The zero-order valence-electron chi connectivity index (χ0n) is 13.6. The van der Waals surface area contributed by atoms with Gasteiger partial charge >= 0.3 is 5.51 Å². The smallest absolute Gasteiger partial charge is 0.298 e. The number of nitrogens with one attached hydrogen (secondary N) is 1. The molecule has 0 unspecified atom stereocenters. The molecule has 3 aromatic rings. The normalized spacial score (nSPS) is 12.3. The summed E-state index contributed by atoms with van der Waals surface area (Å²) in [7, 11) is -3.36. The molecule has 0 saturated heterocycles. The Morgan fingerprint density at radius 3 is 2.41 bits per heavy atom. The molecule has 0 saturated carbocycles. The Labute approximate surface area is 160 Å². The number of aromatic nitrogens is 1. The average molecular weight is 432 g/mol. The van der Waals surface area contributed by atoms with Crippen LogP contribution in [0.25, 0.3) is 10.2 Å². The van der Waals surface area contributed by atoms with Crippen LogP contribution >= 0.6 is 23.1 Å². The Balaban J connectivity index is 1.77. The third kappa shape index (κ3) is 4.99. The summed E-state index contributed by atoms with van der Waals surface area (Å²) in [6.07, 6.45) is 1.10. The summed E-state index contributed by atoms with van der Waals surface area (Å²) in [5.74, 6) is -0.527. The van der Waals surface area contributed by atoms with Crippen LogP contribution in [0.4, 0.5) is 18.3 Å². The predicted molar refractivity (Wildman–Crippen MR) is 99.0 cm³/mol. The van der Waals surface area contributed by atoms with E-state index in [1.165, 1.54) is 36.4 Å². The van der Waals surface area contributed by atoms with Crippen LogP contribution in [0.15, 0.2) is 52.3 Å². The first-order valence-electron chi connectivity index (χ1n) is 7.29. The van der Waals surface area contributed by atoms with Gasteiger partial charge in [-0.05, 0) is 54.2 Å². The minimum Gasteiger partial charge on any atom is -0.298 e. The molecule has 3 rings (SSSR count). The van der Waals surface area contributed by atoms with Gasteiger partial charge in [0.05, 0.1) is 15.1 Å². The number of thioether (sulfide) groups is 1.